The van der Waals surface area contributed by atoms with Gasteiger partial charge in [0.05, 0.1) is 13.7 Å². The van der Waals surface area contributed by atoms with Gasteiger partial charge in [0.2, 0.25) is 0 Å². The van der Waals surface area contributed by atoms with E-state index in [0.29, 0.717) is 17.6 Å². The van der Waals surface area contributed by atoms with Crippen molar-refractivity contribution in [2.45, 2.75) is 0 Å². The van der Waals surface area contributed by atoms with Gasteiger partial charge < -0.3 is 14.4 Å². The van der Waals surface area contributed by atoms with Crippen LogP contribution in [0.1, 0.15) is 10.4 Å². The Bertz CT molecular complexity index is 363. The monoisotopic (exact) mass is 207 g/mol. The first-order chi connectivity index (χ1) is 7.19. The number of amides is 1. The molecule has 0 aromatic heterocycles. The Morgan fingerprint density at radius 1 is 1.53 bits per heavy atom. The van der Waals surface area contributed by atoms with Crippen molar-refractivity contribution in [3.63, 3.8) is 0 Å². The SMILES string of the molecule is COc1cccc(C(=O)N(C)CC=O)c1. The van der Waals surface area contributed by atoms with Crippen molar-refractivity contribution in [2.24, 2.45) is 0 Å². The highest BCUT2D eigenvalue weighted by molar-refractivity contribution is 5.95. The van der Waals surface area contributed by atoms with E-state index in [4.69, 9.17) is 4.74 Å². The molecule has 0 fully saturated rings. The molecule has 0 saturated heterocycles. The van der Waals surface area contributed by atoms with Crippen molar-refractivity contribution in [2.75, 3.05) is 20.7 Å². The Labute approximate surface area is 88.5 Å². The minimum absolute atomic E-state index is 0.0933. The van der Waals surface area contributed by atoms with Gasteiger partial charge in [0, 0.05) is 12.6 Å². The molecule has 1 aromatic carbocycles. The lowest BCUT2D eigenvalue weighted by atomic mass is 10.2. The standard InChI is InChI=1S/C11H13NO3/c1-12(6-7-13)11(14)9-4-3-5-10(8-9)15-2/h3-5,7-8H,6H2,1-2H3. The van der Waals surface area contributed by atoms with E-state index in [1.165, 1.54) is 4.90 Å². The molecule has 4 nitrogen and oxygen atoms in total. The van der Waals surface area contributed by atoms with Crippen LogP contribution in [0, 0.1) is 0 Å². The number of aldehydes is 1. The molecule has 0 radical (unpaired) electrons. The molecular weight excluding hydrogens is 194 g/mol. The van der Waals surface area contributed by atoms with E-state index in [2.05, 4.69) is 0 Å². The Kier molecular flexibility index (Phi) is 3.85. The first-order valence-electron chi connectivity index (χ1n) is 4.52. The molecule has 0 bridgehead atoms. The van der Waals surface area contributed by atoms with Crippen molar-refractivity contribution < 1.29 is 14.3 Å². The maximum atomic E-state index is 11.7. The highest BCUT2D eigenvalue weighted by atomic mass is 16.5. The molecule has 1 aromatic rings. The van der Waals surface area contributed by atoms with E-state index in [9.17, 15) is 9.59 Å². The van der Waals surface area contributed by atoms with Crippen LogP contribution in [0.15, 0.2) is 24.3 Å². The van der Waals surface area contributed by atoms with Gasteiger partial charge in [-0.15, -0.1) is 0 Å². The van der Waals surface area contributed by atoms with E-state index in [1.807, 2.05) is 0 Å². The van der Waals surface area contributed by atoms with Crippen molar-refractivity contribution in [1.82, 2.24) is 4.90 Å². The Morgan fingerprint density at radius 3 is 2.87 bits per heavy atom. The normalized spacial score (nSPS) is 9.47. The van der Waals surface area contributed by atoms with Gasteiger partial charge in [-0.05, 0) is 18.2 Å². The quantitative estimate of drug-likeness (QED) is 0.691. The molecule has 0 aliphatic rings. The van der Waals surface area contributed by atoms with Crippen LogP contribution in [0.2, 0.25) is 0 Å². The Morgan fingerprint density at radius 2 is 2.27 bits per heavy atom. The summed E-state index contributed by atoms with van der Waals surface area (Å²) in [6, 6.07) is 6.83. The smallest absolute Gasteiger partial charge is 0.254 e. The third-order valence-corrected chi connectivity index (χ3v) is 2.01. The van der Waals surface area contributed by atoms with Gasteiger partial charge in [-0.2, -0.15) is 0 Å². The number of hydrogen-bond acceptors (Lipinski definition) is 3. The summed E-state index contributed by atoms with van der Waals surface area (Å²) in [4.78, 5) is 23.3. The molecule has 0 atom stereocenters. The van der Waals surface area contributed by atoms with Crippen LogP contribution in [0.25, 0.3) is 0 Å². The van der Waals surface area contributed by atoms with Crippen LogP contribution in [0.3, 0.4) is 0 Å². The molecule has 0 saturated carbocycles. The molecule has 0 aliphatic carbocycles. The third-order valence-electron chi connectivity index (χ3n) is 2.01. The van der Waals surface area contributed by atoms with Gasteiger partial charge in [-0.1, -0.05) is 6.07 Å². The van der Waals surface area contributed by atoms with Gasteiger partial charge in [-0.25, -0.2) is 0 Å². The largest absolute Gasteiger partial charge is 0.497 e. The molecule has 0 heterocycles. The zero-order valence-corrected chi connectivity index (χ0v) is 8.77. The van der Waals surface area contributed by atoms with Gasteiger partial charge in [0.15, 0.2) is 0 Å². The predicted octanol–water partition coefficient (Wildman–Crippen LogP) is 0.966. The number of hydrogen-bond donors (Lipinski definition) is 0. The number of carbonyl (C=O) groups excluding carboxylic acids is 2. The van der Waals surface area contributed by atoms with Crippen molar-refractivity contribution in [3.8, 4) is 5.75 Å². The number of nitrogens with zero attached hydrogens (tertiary/aromatic N) is 1. The molecule has 1 rings (SSSR count). The fourth-order valence-electron chi connectivity index (χ4n) is 1.17. The Balaban J connectivity index is 2.85. The summed E-state index contributed by atoms with van der Waals surface area (Å²) in [5.41, 5.74) is 0.513. The van der Waals surface area contributed by atoms with Crippen LogP contribution in [-0.2, 0) is 4.79 Å². The minimum atomic E-state index is -0.194. The maximum absolute atomic E-state index is 11.7. The summed E-state index contributed by atoms with van der Waals surface area (Å²) in [5.74, 6) is 0.432. The molecule has 0 N–H and O–H groups in total. The first-order valence-corrected chi connectivity index (χ1v) is 4.52. The number of ether oxygens (including phenoxy) is 1. The van der Waals surface area contributed by atoms with Crippen molar-refractivity contribution >= 4 is 12.2 Å². The zero-order chi connectivity index (χ0) is 11.3. The second-order valence-electron chi connectivity index (χ2n) is 3.08. The van der Waals surface area contributed by atoms with Gasteiger partial charge in [-0.3, -0.25) is 4.79 Å². The summed E-state index contributed by atoms with van der Waals surface area (Å²) in [6.45, 7) is 0.0933. The van der Waals surface area contributed by atoms with Gasteiger partial charge in [0.1, 0.15) is 12.0 Å². The lowest BCUT2D eigenvalue weighted by Gasteiger charge is -2.13. The van der Waals surface area contributed by atoms with Crippen LogP contribution in [0.5, 0.6) is 5.75 Å². The fraction of sp³-hybridized carbons (Fsp3) is 0.273. The number of likely N-dealkylation sites (N-methyl/N-ethyl adjacent to an activating group) is 1. The van der Waals surface area contributed by atoms with Gasteiger partial charge in [0.25, 0.3) is 5.91 Å². The predicted molar refractivity (Wildman–Crippen MR) is 56.0 cm³/mol. The molecule has 4 heteroatoms. The number of carbonyl (C=O) groups is 2. The number of rotatable bonds is 4. The maximum Gasteiger partial charge on any atom is 0.254 e. The summed E-state index contributed by atoms with van der Waals surface area (Å²) in [6.07, 6.45) is 0.693. The van der Waals surface area contributed by atoms with Crippen LogP contribution >= 0.6 is 0 Å². The molecule has 15 heavy (non-hydrogen) atoms. The second-order valence-corrected chi connectivity index (χ2v) is 3.08. The highest BCUT2D eigenvalue weighted by Gasteiger charge is 2.11. The van der Waals surface area contributed by atoms with E-state index >= 15 is 0 Å². The molecule has 0 spiro atoms. The zero-order valence-electron chi connectivity index (χ0n) is 8.77. The third kappa shape index (κ3) is 2.80. The van der Waals surface area contributed by atoms with E-state index < -0.39 is 0 Å². The molecular formula is C11H13NO3. The number of methoxy groups -OCH3 is 1. The number of benzene rings is 1. The topological polar surface area (TPSA) is 46.6 Å². The lowest BCUT2D eigenvalue weighted by Crippen LogP contribution is -2.28. The van der Waals surface area contributed by atoms with Crippen molar-refractivity contribution in [1.29, 1.82) is 0 Å². The summed E-state index contributed by atoms with van der Waals surface area (Å²) in [7, 11) is 3.12. The van der Waals surface area contributed by atoms with Crippen LogP contribution in [-0.4, -0.2) is 37.8 Å². The van der Waals surface area contributed by atoms with E-state index in [-0.39, 0.29) is 12.5 Å². The average Bonchev–Trinajstić information content (AvgIpc) is 2.28. The minimum Gasteiger partial charge on any atom is -0.497 e. The van der Waals surface area contributed by atoms with E-state index in [1.54, 1.807) is 38.4 Å². The van der Waals surface area contributed by atoms with Crippen LogP contribution in [0.4, 0.5) is 0 Å². The lowest BCUT2D eigenvalue weighted by molar-refractivity contribution is -0.108. The summed E-state index contributed by atoms with van der Waals surface area (Å²) < 4.78 is 5.00. The Hall–Kier alpha value is -1.84. The van der Waals surface area contributed by atoms with E-state index in [0.717, 1.165) is 0 Å². The average molecular weight is 207 g/mol. The van der Waals surface area contributed by atoms with Crippen molar-refractivity contribution in [3.05, 3.63) is 29.8 Å². The molecule has 0 unspecified atom stereocenters. The highest BCUT2D eigenvalue weighted by Crippen LogP contribution is 2.13. The van der Waals surface area contributed by atoms with Gasteiger partial charge >= 0.3 is 0 Å². The second kappa shape index (κ2) is 5.14. The summed E-state index contributed by atoms with van der Waals surface area (Å²) in [5, 5.41) is 0. The van der Waals surface area contributed by atoms with Crippen LogP contribution < -0.4 is 4.74 Å². The summed E-state index contributed by atoms with van der Waals surface area (Å²) >= 11 is 0. The molecule has 0 aliphatic heterocycles. The first kappa shape index (κ1) is 11.2. The fourth-order valence-corrected chi connectivity index (χ4v) is 1.17. The molecule has 1 amide bonds. The molecule has 80 valence electrons.